The number of hydrogen-bond acceptors (Lipinski definition) is 7. The number of ether oxygens (including phenoxy) is 1. The maximum Gasteiger partial charge on any atom is 0.205 e. The number of aromatic nitrogens is 2. The van der Waals surface area contributed by atoms with Gasteiger partial charge in [0.2, 0.25) is 5.13 Å². The minimum absolute atomic E-state index is 0.140. The number of rotatable bonds is 6. The zero-order valence-electron chi connectivity index (χ0n) is 13.5. The summed E-state index contributed by atoms with van der Waals surface area (Å²) in [6.07, 6.45) is 1.11. The molecule has 3 rings (SSSR count). The van der Waals surface area contributed by atoms with E-state index in [1.165, 1.54) is 11.5 Å². The number of aliphatic hydroxyl groups is 1. The van der Waals surface area contributed by atoms with Crippen LogP contribution in [0.1, 0.15) is 37.1 Å². The maximum absolute atomic E-state index is 10.4. The zero-order valence-corrected chi connectivity index (χ0v) is 15.1. The molecule has 2 atom stereocenters. The molecule has 1 aliphatic heterocycles. The summed E-state index contributed by atoms with van der Waals surface area (Å²) in [4.78, 5) is 7.95. The van der Waals surface area contributed by atoms with Gasteiger partial charge in [0, 0.05) is 35.8 Å². The molecule has 0 radical (unpaired) electrons. The molecule has 5 nitrogen and oxygen atoms in total. The van der Waals surface area contributed by atoms with Crippen molar-refractivity contribution in [2.75, 3.05) is 24.7 Å². The number of thiophene rings is 1. The molecule has 2 aromatic heterocycles. The monoisotopic (exact) mass is 353 g/mol. The second-order valence-corrected chi connectivity index (χ2v) is 7.99. The highest BCUT2D eigenvalue weighted by atomic mass is 32.1. The summed E-state index contributed by atoms with van der Waals surface area (Å²) >= 11 is 3.05. The van der Waals surface area contributed by atoms with E-state index in [2.05, 4.69) is 23.1 Å². The molecule has 0 aromatic carbocycles. The Kier molecular flexibility index (Phi) is 5.63. The molecule has 0 saturated carbocycles. The summed E-state index contributed by atoms with van der Waals surface area (Å²) < 4.78 is 10.1. The Balaban J connectivity index is 1.69. The van der Waals surface area contributed by atoms with E-state index in [1.807, 2.05) is 17.5 Å². The third-order valence-electron chi connectivity index (χ3n) is 3.89. The second-order valence-electron chi connectivity index (χ2n) is 6.28. The van der Waals surface area contributed by atoms with Gasteiger partial charge >= 0.3 is 0 Å². The van der Waals surface area contributed by atoms with E-state index in [4.69, 9.17) is 9.72 Å². The van der Waals surface area contributed by atoms with E-state index in [1.54, 1.807) is 11.3 Å². The van der Waals surface area contributed by atoms with Crippen LogP contribution in [-0.2, 0) is 11.2 Å². The van der Waals surface area contributed by atoms with Crippen LogP contribution in [0.2, 0.25) is 0 Å². The first-order valence-corrected chi connectivity index (χ1v) is 9.67. The van der Waals surface area contributed by atoms with Gasteiger partial charge in [0.1, 0.15) is 5.82 Å². The molecule has 1 saturated heterocycles. The fraction of sp³-hybridized carbons (Fsp3) is 0.625. The normalized spacial score (nSPS) is 20.2. The van der Waals surface area contributed by atoms with Crippen LogP contribution >= 0.6 is 22.9 Å². The number of anilines is 1. The van der Waals surface area contributed by atoms with Crippen LogP contribution in [0.3, 0.4) is 0 Å². The van der Waals surface area contributed by atoms with Gasteiger partial charge in [-0.25, -0.2) is 4.98 Å². The lowest BCUT2D eigenvalue weighted by Crippen LogP contribution is -2.46. The lowest BCUT2D eigenvalue weighted by molar-refractivity contribution is 0.0688. The molecule has 126 valence electrons. The molecule has 0 spiro atoms. The Labute approximate surface area is 145 Å². The Morgan fingerprint density at radius 1 is 1.48 bits per heavy atom. The first-order chi connectivity index (χ1) is 11.1. The summed E-state index contributed by atoms with van der Waals surface area (Å²) in [5, 5.41) is 13.4. The van der Waals surface area contributed by atoms with E-state index in [-0.39, 0.29) is 6.04 Å². The molecule has 0 amide bonds. The van der Waals surface area contributed by atoms with Crippen molar-refractivity contribution in [3.05, 3.63) is 28.2 Å². The van der Waals surface area contributed by atoms with Crippen molar-refractivity contribution < 1.29 is 9.84 Å². The zero-order chi connectivity index (χ0) is 16.2. The highest BCUT2D eigenvalue weighted by Crippen LogP contribution is 2.29. The molecule has 2 unspecified atom stereocenters. The third-order valence-corrected chi connectivity index (χ3v) is 5.65. The average Bonchev–Trinajstić information content (AvgIpc) is 3.18. The first kappa shape index (κ1) is 16.8. The smallest absolute Gasteiger partial charge is 0.205 e. The van der Waals surface area contributed by atoms with E-state index >= 15 is 0 Å². The summed E-state index contributed by atoms with van der Waals surface area (Å²) in [7, 11) is 0. The van der Waals surface area contributed by atoms with Crippen LogP contribution < -0.4 is 4.90 Å². The number of hydrogen-bond donors (Lipinski definition) is 1. The van der Waals surface area contributed by atoms with E-state index < -0.39 is 6.10 Å². The topological polar surface area (TPSA) is 58.5 Å². The molecule has 2 aromatic rings. The maximum atomic E-state index is 10.4. The Hall–Kier alpha value is -1.02. The van der Waals surface area contributed by atoms with Crippen LogP contribution in [-0.4, -0.2) is 40.3 Å². The van der Waals surface area contributed by atoms with Crippen LogP contribution in [0.15, 0.2) is 17.5 Å². The summed E-state index contributed by atoms with van der Waals surface area (Å²) in [6.45, 7) is 6.48. The van der Waals surface area contributed by atoms with Crippen molar-refractivity contribution >= 4 is 28.0 Å². The Bertz CT molecular complexity index is 600. The quantitative estimate of drug-likeness (QED) is 0.865. The lowest BCUT2D eigenvalue weighted by atomic mass is 10.1. The van der Waals surface area contributed by atoms with Gasteiger partial charge in [-0.1, -0.05) is 19.9 Å². The number of aliphatic hydroxyl groups excluding tert-OH is 1. The van der Waals surface area contributed by atoms with E-state index in [0.29, 0.717) is 25.6 Å². The minimum Gasteiger partial charge on any atom is -0.387 e. The lowest BCUT2D eigenvalue weighted by Gasteiger charge is -2.36. The molecule has 1 fully saturated rings. The van der Waals surface area contributed by atoms with Crippen LogP contribution in [0, 0.1) is 5.92 Å². The van der Waals surface area contributed by atoms with Crippen molar-refractivity contribution in [1.82, 2.24) is 9.36 Å². The fourth-order valence-electron chi connectivity index (χ4n) is 2.77. The average molecular weight is 354 g/mol. The van der Waals surface area contributed by atoms with Crippen molar-refractivity contribution in [3.63, 3.8) is 0 Å². The van der Waals surface area contributed by atoms with Crippen molar-refractivity contribution in [2.24, 2.45) is 5.92 Å². The van der Waals surface area contributed by atoms with E-state index in [9.17, 15) is 5.11 Å². The molecular formula is C16H23N3O2S2. The first-order valence-electron chi connectivity index (χ1n) is 8.02. The molecule has 7 heteroatoms. The molecule has 0 bridgehead atoms. The Morgan fingerprint density at radius 3 is 3.09 bits per heavy atom. The second kappa shape index (κ2) is 7.70. The molecule has 1 aliphatic rings. The van der Waals surface area contributed by atoms with Crippen molar-refractivity contribution in [3.8, 4) is 0 Å². The van der Waals surface area contributed by atoms with E-state index in [0.717, 1.165) is 28.8 Å². The third kappa shape index (κ3) is 4.29. The van der Waals surface area contributed by atoms with Crippen molar-refractivity contribution in [1.29, 1.82) is 0 Å². The molecule has 3 heterocycles. The van der Waals surface area contributed by atoms with Crippen LogP contribution in [0.4, 0.5) is 5.13 Å². The standard InChI is InChI=1S/C16H23N3O2S2/c1-11(2)8-15-17-16(23-18-15)19-5-6-21-10-12(19)9-13(20)14-4-3-7-22-14/h3-4,7,11-13,20H,5-6,8-10H2,1-2H3. The van der Waals surface area contributed by atoms with Gasteiger partial charge in [-0.05, 0) is 17.4 Å². The molecular weight excluding hydrogens is 330 g/mol. The van der Waals surface area contributed by atoms with Gasteiger partial charge in [-0.2, -0.15) is 4.37 Å². The van der Waals surface area contributed by atoms with Gasteiger partial charge in [0.25, 0.3) is 0 Å². The van der Waals surface area contributed by atoms with Crippen molar-refractivity contribution in [2.45, 2.75) is 38.8 Å². The number of morpholine rings is 1. The van der Waals surface area contributed by atoms with Crippen LogP contribution in [0.5, 0.6) is 0 Å². The predicted molar refractivity (Wildman–Crippen MR) is 94.3 cm³/mol. The summed E-state index contributed by atoms with van der Waals surface area (Å²) in [5.74, 6) is 1.47. The summed E-state index contributed by atoms with van der Waals surface area (Å²) in [5.41, 5.74) is 0. The van der Waals surface area contributed by atoms with Gasteiger partial charge in [-0.15, -0.1) is 11.3 Å². The van der Waals surface area contributed by atoms with Crippen LogP contribution in [0.25, 0.3) is 0 Å². The van der Waals surface area contributed by atoms with Gasteiger partial charge < -0.3 is 14.7 Å². The number of nitrogens with zero attached hydrogens (tertiary/aromatic N) is 3. The Morgan fingerprint density at radius 2 is 2.35 bits per heavy atom. The fourth-order valence-corrected chi connectivity index (χ4v) is 4.28. The van der Waals surface area contributed by atoms with Gasteiger partial charge in [0.15, 0.2) is 0 Å². The van der Waals surface area contributed by atoms with Gasteiger partial charge in [0.05, 0.1) is 25.4 Å². The highest BCUT2D eigenvalue weighted by Gasteiger charge is 2.28. The largest absolute Gasteiger partial charge is 0.387 e. The minimum atomic E-state index is -0.452. The molecule has 23 heavy (non-hydrogen) atoms. The SMILES string of the molecule is CC(C)Cc1nsc(N2CCOCC2CC(O)c2cccs2)n1. The highest BCUT2D eigenvalue weighted by molar-refractivity contribution is 7.10. The molecule has 0 aliphatic carbocycles. The molecule has 1 N–H and O–H groups in total. The van der Waals surface area contributed by atoms with Gasteiger partial charge in [-0.3, -0.25) is 0 Å². The summed E-state index contributed by atoms with van der Waals surface area (Å²) in [6, 6.07) is 4.09. The predicted octanol–water partition coefficient (Wildman–Crippen LogP) is 3.13.